The summed E-state index contributed by atoms with van der Waals surface area (Å²) in [7, 11) is 0. The molecule has 0 saturated heterocycles. The van der Waals surface area contributed by atoms with Gasteiger partial charge in [0, 0.05) is 6.54 Å². The molecule has 0 unspecified atom stereocenters. The SMILES string of the molecule is CCn1nc(C)cc1C(N)=S. The summed E-state index contributed by atoms with van der Waals surface area (Å²) >= 11 is 4.85. The van der Waals surface area contributed by atoms with Gasteiger partial charge < -0.3 is 5.73 Å². The number of thiocarbonyl (C=S) groups is 1. The summed E-state index contributed by atoms with van der Waals surface area (Å²) < 4.78 is 1.80. The molecule has 0 saturated carbocycles. The first-order chi connectivity index (χ1) is 5.15. The van der Waals surface area contributed by atoms with E-state index in [4.69, 9.17) is 18.0 Å². The highest BCUT2D eigenvalue weighted by atomic mass is 32.1. The van der Waals surface area contributed by atoms with E-state index in [0.717, 1.165) is 17.9 Å². The van der Waals surface area contributed by atoms with Crippen molar-refractivity contribution in [3.63, 3.8) is 0 Å². The average molecular weight is 169 g/mol. The highest BCUT2D eigenvalue weighted by Gasteiger charge is 2.04. The van der Waals surface area contributed by atoms with E-state index in [0.29, 0.717) is 4.99 Å². The Balaban J connectivity index is 3.12. The van der Waals surface area contributed by atoms with Gasteiger partial charge in [0.1, 0.15) is 4.99 Å². The zero-order valence-corrected chi connectivity index (χ0v) is 7.48. The first-order valence-corrected chi connectivity index (χ1v) is 3.90. The van der Waals surface area contributed by atoms with Crippen LogP contribution < -0.4 is 5.73 Å². The lowest BCUT2D eigenvalue weighted by Crippen LogP contribution is -2.15. The summed E-state index contributed by atoms with van der Waals surface area (Å²) in [6.45, 7) is 4.74. The smallest absolute Gasteiger partial charge is 0.122 e. The second-order valence-electron chi connectivity index (χ2n) is 2.35. The van der Waals surface area contributed by atoms with Crippen molar-refractivity contribution in [1.29, 1.82) is 0 Å². The van der Waals surface area contributed by atoms with Crippen LogP contribution in [-0.2, 0) is 6.54 Å². The van der Waals surface area contributed by atoms with Crippen LogP contribution in [0, 0.1) is 6.92 Å². The summed E-state index contributed by atoms with van der Waals surface area (Å²) in [6.07, 6.45) is 0. The van der Waals surface area contributed by atoms with Gasteiger partial charge in [0.05, 0.1) is 11.4 Å². The van der Waals surface area contributed by atoms with E-state index in [1.54, 1.807) is 4.68 Å². The fraction of sp³-hybridized carbons (Fsp3) is 0.429. The Bertz CT molecular complexity index is 277. The number of nitrogens with two attached hydrogens (primary N) is 1. The van der Waals surface area contributed by atoms with Crippen LogP contribution in [0.3, 0.4) is 0 Å². The molecule has 0 bridgehead atoms. The number of hydrogen-bond acceptors (Lipinski definition) is 2. The molecule has 0 atom stereocenters. The van der Waals surface area contributed by atoms with Gasteiger partial charge in [0.25, 0.3) is 0 Å². The van der Waals surface area contributed by atoms with Crippen LogP contribution >= 0.6 is 12.2 Å². The van der Waals surface area contributed by atoms with Gasteiger partial charge in [-0.25, -0.2) is 0 Å². The molecule has 0 spiro atoms. The van der Waals surface area contributed by atoms with Crippen molar-refractivity contribution in [2.45, 2.75) is 20.4 Å². The Morgan fingerprint density at radius 3 is 2.82 bits per heavy atom. The predicted octanol–water partition coefficient (Wildman–Crippen LogP) is 0.846. The molecule has 1 aromatic rings. The standard InChI is InChI=1S/C7H11N3S/c1-3-10-6(7(8)11)4-5(2)9-10/h4H,3H2,1-2H3,(H2,8,11). The summed E-state index contributed by atoms with van der Waals surface area (Å²) in [5, 5.41) is 4.20. The molecule has 0 aliphatic heterocycles. The van der Waals surface area contributed by atoms with Crippen LogP contribution in [0.4, 0.5) is 0 Å². The fourth-order valence-corrected chi connectivity index (χ4v) is 1.15. The van der Waals surface area contributed by atoms with E-state index in [9.17, 15) is 0 Å². The molecule has 11 heavy (non-hydrogen) atoms. The van der Waals surface area contributed by atoms with Crippen molar-refractivity contribution in [1.82, 2.24) is 9.78 Å². The first-order valence-electron chi connectivity index (χ1n) is 3.49. The molecule has 0 aromatic carbocycles. The number of rotatable bonds is 2. The molecule has 1 aromatic heterocycles. The molecule has 0 fully saturated rings. The maximum Gasteiger partial charge on any atom is 0.122 e. The normalized spacial score (nSPS) is 10.0. The van der Waals surface area contributed by atoms with Gasteiger partial charge in [0.15, 0.2) is 0 Å². The van der Waals surface area contributed by atoms with Crippen LogP contribution in [0.2, 0.25) is 0 Å². The zero-order valence-electron chi connectivity index (χ0n) is 6.66. The topological polar surface area (TPSA) is 43.8 Å². The minimum atomic E-state index is 0.410. The maximum absolute atomic E-state index is 5.47. The molecule has 0 aliphatic carbocycles. The van der Waals surface area contributed by atoms with Crippen LogP contribution in [0.1, 0.15) is 18.3 Å². The van der Waals surface area contributed by atoms with Crippen LogP contribution in [0.25, 0.3) is 0 Å². The summed E-state index contributed by atoms with van der Waals surface area (Å²) in [5.41, 5.74) is 7.27. The van der Waals surface area contributed by atoms with Gasteiger partial charge in [0.2, 0.25) is 0 Å². The Labute approximate surface area is 71.2 Å². The highest BCUT2D eigenvalue weighted by molar-refractivity contribution is 7.80. The van der Waals surface area contributed by atoms with Crippen molar-refractivity contribution in [3.8, 4) is 0 Å². The van der Waals surface area contributed by atoms with Gasteiger partial charge in [-0.2, -0.15) is 5.10 Å². The quantitative estimate of drug-likeness (QED) is 0.667. The lowest BCUT2D eigenvalue weighted by atomic mass is 10.4. The molecule has 4 heteroatoms. The van der Waals surface area contributed by atoms with E-state index < -0.39 is 0 Å². The summed E-state index contributed by atoms with van der Waals surface area (Å²) in [6, 6.07) is 1.89. The Morgan fingerprint density at radius 1 is 1.82 bits per heavy atom. The van der Waals surface area contributed by atoms with Gasteiger partial charge in [-0.15, -0.1) is 0 Å². The third-order valence-corrected chi connectivity index (χ3v) is 1.66. The third-order valence-electron chi connectivity index (χ3n) is 1.45. The van der Waals surface area contributed by atoms with Crippen molar-refractivity contribution in [2.24, 2.45) is 5.73 Å². The van der Waals surface area contributed by atoms with Gasteiger partial charge in [-0.1, -0.05) is 12.2 Å². The van der Waals surface area contributed by atoms with Crippen molar-refractivity contribution in [2.75, 3.05) is 0 Å². The molecule has 0 aliphatic rings. The molecular weight excluding hydrogens is 158 g/mol. The van der Waals surface area contributed by atoms with Crippen LogP contribution in [0.5, 0.6) is 0 Å². The predicted molar refractivity (Wildman–Crippen MR) is 48.5 cm³/mol. The monoisotopic (exact) mass is 169 g/mol. The van der Waals surface area contributed by atoms with E-state index in [1.165, 1.54) is 0 Å². The molecule has 2 N–H and O–H groups in total. The number of hydrogen-bond donors (Lipinski definition) is 1. The van der Waals surface area contributed by atoms with Gasteiger partial charge in [-0.05, 0) is 19.9 Å². The van der Waals surface area contributed by atoms with Gasteiger partial charge >= 0.3 is 0 Å². The van der Waals surface area contributed by atoms with E-state index in [-0.39, 0.29) is 0 Å². The maximum atomic E-state index is 5.47. The molecule has 1 heterocycles. The second-order valence-corrected chi connectivity index (χ2v) is 2.79. The van der Waals surface area contributed by atoms with E-state index in [1.807, 2.05) is 19.9 Å². The molecule has 3 nitrogen and oxygen atoms in total. The Hall–Kier alpha value is -0.900. The minimum Gasteiger partial charge on any atom is -0.388 e. The first kappa shape index (κ1) is 8.20. The summed E-state index contributed by atoms with van der Waals surface area (Å²) in [4.78, 5) is 0.410. The van der Waals surface area contributed by atoms with Gasteiger partial charge in [-0.3, -0.25) is 4.68 Å². The van der Waals surface area contributed by atoms with Crippen molar-refractivity contribution < 1.29 is 0 Å². The average Bonchev–Trinajstić information content (AvgIpc) is 2.30. The van der Waals surface area contributed by atoms with Crippen LogP contribution in [-0.4, -0.2) is 14.8 Å². The molecular formula is C7H11N3S. The largest absolute Gasteiger partial charge is 0.388 e. The number of aromatic nitrogens is 2. The summed E-state index contributed by atoms with van der Waals surface area (Å²) in [5.74, 6) is 0. The lowest BCUT2D eigenvalue weighted by molar-refractivity contribution is 0.648. The molecule has 0 amide bonds. The lowest BCUT2D eigenvalue weighted by Gasteiger charge is -2.00. The third kappa shape index (κ3) is 1.57. The Morgan fingerprint density at radius 2 is 2.45 bits per heavy atom. The number of aryl methyl sites for hydroxylation is 2. The highest BCUT2D eigenvalue weighted by Crippen LogP contribution is 2.02. The zero-order chi connectivity index (χ0) is 8.43. The Kier molecular flexibility index (Phi) is 2.24. The molecule has 0 radical (unpaired) electrons. The minimum absolute atomic E-state index is 0.410. The molecule has 1 rings (SSSR count). The van der Waals surface area contributed by atoms with E-state index >= 15 is 0 Å². The second kappa shape index (κ2) is 3.00. The number of nitrogens with zero attached hydrogens (tertiary/aromatic N) is 2. The van der Waals surface area contributed by atoms with E-state index in [2.05, 4.69) is 5.10 Å². The van der Waals surface area contributed by atoms with Crippen molar-refractivity contribution >= 4 is 17.2 Å². The van der Waals surface area contributed by atoms with Crippen LogP contribution in [0.15, 0.2) is 6.07 Å². The fourth-order valence-electron chi connectivity index (χ4n) is 0.985. The molecule has 60 valence electrons. The van der Waals surface area contributed by atoms with Crippen molar-refractivity contribution in [3.05, 3.63) is 17.5 Å².